The smallest absolute Gasteiger partial charge is 0.377 e. The number of anilines is 1. The Morgan fingerprint density at radius 2 is 1.96 bits per heavy atom. The Labute approximate surface area is 149 Å². The van der Waals surface area contributed by atoms with Crippen LogP contribution in [0.4, 0.5) is 19.0 Å². The van der Waals surface area contributed by atoms with E-state index < -0.39 is 11.7 Å². The van der Waals surface area contributed by atoms with Crippen molar-refractivity contribution in [2.24, 2.45) is 0 Å². The number of aryl methyl sites for hydroxylation is 1. The number of methoxy groups -OCH3 is 1. The molecule has 1 aromatic heterocycles. The molecule has 140 valence electrons. The first-order chi connectivity index (χ1) is 12.4. The van der Waals surface area contributed by atoms with E-state index in [0.717, 1.165) is 23.6 Å². The van der Waals surface area contributed by atoms with E-state index in [-0.39, 0.29) is 6.10 Å². The first-order valence-corrected chi connectivity index (χ1v) is 8.24. The van der Waals surface area contributed by atoms with Crippen molar-refractivity contribution in [3.63, 3.8) is 0 Å². The molecule has 0 spiro atoms. The average molecular weight is 367 g/mol. The lowest BCUT2D eigenvalue weighted by Gasteiger charge is -2.34. The van der Waals surface area contributed by atoms with Gasteiger partial charge >= 0.3 is 6.18 Å². The molecule has 0 saturated carbocycles. The maximum atomic E-state index is 12.7. The number of hydrogen-bond acceptors (Lipinski definition) is 5. The monoisotopic (exact) mass is 367 g/mol. The predicted molar refractivity (Wildman–Crippen MR) is 89.8 cm³/mol. The van der Waals surface area contributed by atoms with Crippen molar-refractivity contribution in [3.05, 3.63) is 53.0 Å². The Morgan fingerprint density at radius 1 is 1.23 bits per heavy atom. The molecule has 1 aliphatic heterocycles. The van der Waals surface area contributed by atoms with Gasteiger partial charge in [0.15, 0.2) is 5.82 Å². The molecule has 0 amide bonds. The topological polar surface area (TPSA) is 47.5 Å². The van der Waals surface area contributed by atoms with Crippen LogP contribution < -0.4 is 4.90 Å². The fourth-order valence-corrected chi connectivity index (χ4v) is 2.91. The van der Waals surface area contributed by atoms with Crippen molar-refractivity contribution in [1.29, 1.82) is 0 Å². The lowest BCUT2D eigenvalue weighted by molar-refractivity contribution is -0.137. The zero-order valence-corrected chi connectivity index (χ0v) is 14.6. The first-order valence-electron chi connectivity index (χ1n) is 8.24. The minimum absolute atomic E-state index is 0.313. The van der Waals surface area contributed by atoms with Gasteiger partial charge in [-0.3, -0.25) is 0 Å². The highest BCUT2D eigenvalue weighted by Crippen LogP contribution is 2.31. The summed E-state index contributed by atoms with van der Waals surface area (Å²) in [4.78, 5) is 10.9. The van der Waals surface area contributed by atoms with Crippen LogP contribution in [0.5, 0.6) is 0 Å². The van der Waals surface area contributed by atoms with E-state index in [1.165, 1.54) is 12.1 Å². The number of hydrogen-bond donors (Lipinski definition) is 0. The highest BCUT2D eigenvalue weighted by atomic mass is 19.4. The van der Waals surface area contributed by atoms with Gasteiger partial charge in [-0.2, -0.15) is 13.2 Å². The van der Waals surface area contributed by atoms with E-state index in [9.17, 15) is 13.2 Å². The SMILES string of the molecule is COCc1nc(C)cc(N2CCOC(c3ccc(C(F)(F)F)cc3)C2)n1. The van der Waals surface area contributed by atoms with E-state index in [1.807, 2.05) is 13.0 Å². The maximum Gasteiger partial charge on any atom is 0.416 e. The molecule has 0 radical (unpaired) electrons. The number of morpholine rings is 1. The molecule has 1 atom stereocenters. The van der Waals surface area contributed by atoms with Crippen molar-refractivity contribution >= 4 is 5.82 Å². The number of nitrogens with zero attached hydrogens (tertiary/aromatic N) is 3. The molecule has 0 N–H and O–H groups in total. The van der Waals surface area contributed by atoms with Gasteiger partial charge in [0, 0.05) is 32.0 Å². The summed E-state index contributed by atoms with van der Waals surface area (Å²) >= 11 is 0. The van der Waals surface area contributed by atoms with Crippen LogP contribution in [-0.2, 0) is 22.3 Å². The van der Waals surface area contributed by atoms with Gasteiger partial charge in [-0.1, -0.05) is 12.1 Å². The number of aromatic nitrogens is 2. The minimum atomic E-state index is -4.34. The van der Waals surface area contributed by atoms with Crippen LogP contribution >= 0.6 is 0 Å². The van der Waals surface area contributed by atoms with E-state index in [2.05, 4.69) is 14.9 Å². The second kappa shape index (κ2) is 7.59. The number of alkyl halides is 3. The highest BCUT2D eigenvalue weighted by molar-refractivity contribution is 5.41. The van der Waals surface area contributed by atoms with Gasteiger partial charge < -0.3 is 14.4 Å². The Kier molecular flexibility index (Phi) is 5.43. The molecule has 1 aliphatic rings. The normalized spacial score (nSPS) is 18.2. The second-order valence-corrected chi connectivity index (χ2v) is 6.14. The van der Waals surface area contributed by atoms with Gasteiger partial charge in [-0.15, -0.1) is 0 Å². The lowest BCUT2D eigenvalue weighted by atomic mass is 10.1. The van der Waals surface area contributed by atoms with Gasteiger partial charge in [-0.05, 0) is 24.6 Å². The fourth-order valence-electron chi connectivity index (χ4n) is 2.91. The number of benzene rings is 1. The Balaban J connectivity index is 1.77. The molecular formula is C18H20F3N3O2. The van der Waals surface area contributed by atoms with E-state index >= 15 is 0 Å². The minimum Gasteiger partial charge on any atom is -0.377 e. The molecule has 1 unspecified atom stereocenters. The molecular weight excluding hydrogens is 347 g/mol. The van der Waals surface area contributed by atoms with Crippen LogP contribution in [0.1, 0.15) is 28.7 Å². The van der Waals surface area contributed by atoms with Crippen molar-refractivity contribution in [2.75, 3.05) is 31.7 Å². The van der Waals surface area contributed by atoms with Crippen molar-refractivity contribution < 1.29 is 22.6 Å². The zero-order valence-electron chi connectivity index (χ0n) is 14.6. The summed E-state index contributed by atoms with van der Waals surface area (Å²) in [6.07, 6.45) is -4.65. The van der Waals surface area contributed by atoms with Gasteiger partial charge in [0.25, 0.3) is 0 Å². The second-order valence-electron chi connectivity index (χ2n) is 6.14. The quantitative estimate of drug-likeness (QED) is 0.827. The van der Waals surface area contributed by atoms with Crippen molar-refractivity contribution in [3.8, 4) is 0 Å². The number of ether oxygens (including phenoxy) is 2. The summed E-state index contributed by atoms with van der Waals surface area (Å²) in [5.41, 5.74) is 0.884. The molecule has 26 heavy (non-hydrogen) atoms. The van der Waals surface area contributed by atoms with Gasteiger partial charge in [0.2, 0.25) is 0 Å². The third-order valence-corrected chi connectivity index (χ3v) is 4.16. The van der Waals surface area contributed by atoms with E-state index in [0.29, 0.717) is 37.7 Å². The number of halogens is 3. The molecule has 5 nitrogen and oxygen atoms in total. The Hall–Kier alpha value is -2.19. The van der Waals surface area contributed by atoms with Crippen LogP contribution in [0.25, 0.3) is 0 Å². The maximum absolute atomic E-state index is 12.7. The van der Waals surface area contributed by atoms with E-state index in [4.69, 9.17) is 9.47 Å². The van der Waals surface area contributed by atoms with Crippen LogP contribution in [0.3, 0.4) is 0 Å². The third-order valence-electron chi connectivity index (χ3n) is 4.16. The van der Waals surface area contributed by atoms with Crippen molar-refractivity contribution in [1.82, 2.24) is 9.97 Å². The van der Waals surface area contributed by atoms with Crippen LogP contribution in [0.15, 0.2) is 30.3 Å². The van der Waals surface area contributed by atoms with Crippen molar-refractivity contribution in [2.45, 2.75) is 25.8 Å². The molecule has 0 bridgehead atoms. The van der Waals surface area contributed by atoms with Crippen LogP contribution in [-0.4, -0.2) is 36.8 Å². The van der Waals surface area contributed by atoms with E-state index in [1.54, 1.807) is 7.11 Å². The molecule has 1 saturated heterocycles. The summed E-state index contributed by atoms with van der Waals surface area (Å²) in [6.45, 7) is 3.84. The fraction of sp³-hybridized carbons (Fsp3) is 0.444. The Bertz CT molecular complexity index is 750. The largest absolute Gasteiger partial charge is 0.416 e. The molecule has 8 heteroatoms. The number of rotatable bonds is 4. The predicted octanol–water partition coefficient (Wildman–Crippen LogP) is 3.53. The zero-order chi connectivity index (χ0) is 18.7. The first kappa shape index (κ1) is 18.6. The van der Waals surface area contributed by atoms with Gasteiger partial charge in [-0.25, -0.2) is 9.97 Å². The van der Waals surface area contributed by atoms with Gasteiger partial charge in [0.05, 0.1) is 12.2 Å². The summed E-state index contributed by atoms with van der Waals surface area (Å²) in [5, 5.41) is 0. The highest BCUT2D eigenvalue weighted by Gasteiger charge is 2.31. The molecule has 2 aromatic rings. The summed E-state index contributed by atoms with van der Waals surface area (Å²) in [6, 6.07) is 7.00. The molecule has 2 heterocycles. The Morgan fingerprint density at radius 3 is 2.62 bits per heavy atom. The standard InChI is InChI=1S/C18H20F3N3O2/c1-12-9-17(23-16(22-12)11-25-2)24-7-8-26-15(10-24)13-3-5-14(6-4-13)18(19,20)21/h3-6,9,15H,7-8,10-11H2,1-2H3. The lowest BCUT2D eigenvalue weighted by Crippen LogP contribution is -2.39. The summed E-state index contributed by atoms with van der Waals surface area (Å²) in [5.74, 6) is 1.37. The summed E-state index contributed by atoms with van der Waals surface area (Å²) < 4.78 is 49.0. The average Bonchev–Trinajstić information content (AvgIpc) is 2.61. The third kappa shape index (κ3) is 4.31. The summed E-state index contributed by atoms with van der Waals surface area (Å²) in [7, 11) is 1.58. The van der Waals surface area contributed by atoms with Gasteiger partial charge in [0.1, 0.15) is 18.5 Å². The molecule has 1 fully saturated rings. The van der Waals surface area contributed by atoms with Crippen LogP contribution in [0.2, 0.25) is 0 Å². The molecule has 0 aliphatic carbocycles. The molecule has 1 aromatic carbocycles. The van der Waals surface area contributed by atoms with Crippen LogP contribution in [0, 0.1) is 6.92 Å². The molecule has 3 rings (SSSR count).